The minimum Gasteiger partial charge on any atom is -0.356 e. The fourth-order valence-corrected chi connectivity index (χ4v) is 9.40. The predicted molar refractivity (Wildman–Crippen MR) is 203 cm³/mol. The van der Waals surface area contributed by atoms with Crippen LogP contribution in [-0.2, 0) is 14.4 Å². The Kier molecular flexibility index (Phi) is 10.6. The van der Waals surface area contributed by atoms with Crippen molar-refractivity contribution in [2.45, 2.75) is 82.7 Å². The van der Waals surface area contributed by atoms with E-state index in [2.05, 4.69) is 34.7 Å². The Balaban J connectivity index is 0.917. The quantitative estimate of drug-likeness (QED) is 0.100. The largest absolute Gasteiger partial charge is 0.356 e. The van der Waals surface area contributed by atoms with Crippen LogP contribution >= 0.6 is 34.7 Å². The van der Waals surface area contributed by atoms with E-state index in [4.69, 9.17) is 16.6 Å². The predicted octanol–water partition coefficient (Wildman–Crippen LogP) is 6.06. The highest BCUT2D eigenvalue weighted by Crippen LogP contribution is 2.40. The number of aliphatic imine (C=N–C) groups is 1. The van der Waals surface area contributed by atoms with Gasteiger partial charge in [0.15, 0.2) is 5.82 Å². The van der Waals surface area contributed by atoms with Crippen molar-refractivity contribution in [1.82, 2.24) is 30.3 Å². The van der Waals surface area contributed by atoms with Crippen molar-refractivity contribution in [1.29, 1.82) is 0 Å². The number of thiophene rings is 1. The first kappa shape index (κ1) is 36.7. The summed E-state index contributed by atoms with van der Waals surface area (Å²) in [5.41, 5.74) is 4.49. The van der Waals surface area contributed by atoms with Gasteiger partial charge in [-0.05, 0) is 75.6 Å². The molecule has 5 heterocycles. The number of nitrogens with one attached hydrogen (secondary N) is 2. The molecule has 12 nitrogen and oxygen atoms in total. The molecule has 1 unspecified atom stereocenters. The lowest BCUT2D eigenvalue weighted by atomic mass is 9.99. The first-order chi connectivity index (χ1) is 25.5. The molecule has 7 rings (SSSR count). The van der Waals surface area contributed by atoms with Crippen LogP contribution in [0.2, 0.25) is 5.02 Å². The van der Waals surface area contributed by atoms with Gasteiger partial charge < -0.3 is 5.32 Å². The number of unbranched alkanes of at least 4 members (excludes halogenated alkanes) is 3. The van der Waals surface area contributed by atoms with Gasteiger partial charge in [0.2, 0.25) is 17.7 Å². The molecule has 2 aromatic heterocycles. The van der Waals surface area contributed by atoms with Crippen LogP contribution in [0.25, 0.3) is 5.00 Å². The lowest BCUT2D eigenvalue weighted by Gasteiger charge is -2.27. The molecule has 15 heteroatoms. The Labute approximate surface area is 319 Å². The summed E-state index contributed by atoms with van der Waals surface area (Å²) in [5.74, 6) is -0.0170. The number of piperidine rings is 1. The summed E-state index contributed by atoms with van der Waals surface area (Å²) in [6.07, 6.45) is 3.84. The van der Waals surface area contributed by atoms with Gasteiger partial charge in [-0.2, -0.15) is 0 Å². The normalized spacial score (nSPS) is 18.0. The standard InChI is InChI=1S/C38H38ClN7O5S2/c1-20-21(2)53-38-31(20)33(23-11-13-24(39)14-12-23)41-26(34-44-43-22(3)45(34)38)19-30(48)40-17-6-4-5-7-18-52-28-10-8-9-25-32(28)37(51)46(36(25)50)27-15-16-29(47)42-35(27)49/h8-14,26-27H,4-7,15-19H2,1-3H3,(H,40,48)(H,42,47,49)/t26-,27?/m0/s1. The molecule has 4 aromatic rings. The van der Waals surface area contributed by atoms with Gasteiger partial charge in [-0.1, -0.05) is 42.6 Å². The number of carbonyl (C=O) groups excluding carboxylic acids is 5. The first-order valence-corrected chi connectivity index (χ1v) is 19.8. The SMILES string of the molecule is Cc1sc2c(c1C)C(c1ccc(Cl)cc1)=N[C@@H](CC(=O)NCCCCCCSc1cccc3c1C(=O)N(C1CCC(=O)NC1=O)C3=O)c1nnc(C)n1-2. The molecule has 3 aliphatic rings. The molecule has 5 amide bonds. The van der Waals surface area contributed by atoms with E-state index >= 15 is 0 Å². The number of benzene rings is 2. The van der Waals surface area contributed by atoms with Gasteiger partial charge in [-0.25, -0.2) is 0 Å². The summed E-state index contributed by atoms with van der Waals surface area (Å²) in [4.78, 5) is 71.8. The van der Waals surface area contributed by atoms with Crippen LogP contribution in [0.4, 0.5) is 0 Å². The summed E-state index contributed by atoms with van der Waals surface area (Å²) in [7, 11) is 0. The van der Waals surface area contributed by atoms with Gasteiger partial charge in [0.05, 0.1) is 23.3 Å². The fourth-order valence-electron chi connectivity index (χ4n) is 6.98. The number of aromatic nitrogens is 3. The Morgan fingerprint density at radius 2 is 1.75 bits per heavy atom. The minimum atomic E-state index is -0.989. The maximum Gasteiger partial charge on any atom is 0.263 e. The Morgan fingerprint density at radius 1 is 0.981 bits per heavy atom. The van der Waals surface area contributed by atoms with E-state index in [0.717, 1.165) is 69.6 Å². The third kappa shape index (κ3) is 7.19. The van der Waals surface area contributed by atoms with Crippen molar-refractivity contribution in [2.24, 2.45) is 4.99 Å². The lowest BCUT2D eigenvalue weighted by molar-refractivity contribution is -0.136. The second-order valence-corrected chi connectivity index (χ2v) is 16.1. The van der Waals surface area contributed by atoms with Crippen LogP contribution in [0.3, 0.4) is 0 Å². The van der Waals surface area contributed by atoms with Gasteiger partial charge in [0.1, 0.15) is 22.9 Å². The molecular weight excluding hydrogens is 734 g/mol. The highest BCUT2D eigenvalue weighted by Gasteiger charge is 2.45. The van der Waals surface area contributed by atoms with Crippen molar-refractivity contribution in [2.75, 3.05) is 12.3 Å². The molecular formula is C38H38ClN7O5S2. The van der Waals surface area contributed by atoms with Crippen molar-refractivity contribution >= 4 is 69.9 Å². The third-order valence-electron chi connectivity index (χ3n) is 9.82. The van der Waals surface area contributed by atoms with Crippen LogP contribution in [0, 0.1) is 20.8 Å². The smallest absolute Gasteiger partial charge is 0.263 e. The minimum absolute atomic E-state index is 0.0792. The van der Waals surface area contributed by atoms with Crippen LogP contribution in [0.5, 0.6) is 0 Å². The second kappa shape index (κ2) is 15.4. The molecule has 274 valence electrons. The summed E-state index contributed by atoms with van der Waals surface area (Å²) < 4.78 is 2.04. The molecule has 2 aromatic carbocycles. The van der Waals surface area contributed by atoms with Gasteiger partial charge in [-0.3, -0.25) is 43.7 Å². The maximum absolute atomic E-state index is 13.4. The number of nitrogens with zero attached hydrogens (tertiary/aromatic N) is 5. The molecule has 0 spiro atoms. The highest BCUT2D eigenvalue weighted by atomic mass is 35.5. The number of amides is 5. The van der Waals surface area contributed by atoms with Gasteiger partial charge in [-0.15, -0.1) is 33.3 Å². The van der Waals surface area contributed by atoms with E-state index in [-0.39, 0.29) is 30.7 Å². The second-order valence-electron chi connectivity index (χ2n) is 13.3. The van der Waals surface area contributed by atoms with Gasteiger partial charge in [0.25, 0.3) is 11.8 Å². The number of aryl methyl sites for hydroxylation is 2. The van der Waals surface area contributed by atoms with Gasteiger partial charge in [0, 0.05) is 38.9 Å². The van der Waals surface area contributed by atoms with E-state index in [1.54, 1.807) is 23.5 Å². The molecule has 3 aliphatic heterocycles. The average Bonchev–Trinajstić information content (AvgIpc) is 3.71. The van der Waals surface area contributed by atoms with E-state index in [0.29, 0.717) is 27.9 Å². The molecule has 0 bridgehead atoms. The number of hydrogen-bond acceptors (Lipinski definition) is 10. The Bertz CT molecular complexity index is 2180. The molecule has 0 saturated carbocycles. The van der Waals surface area contributed by atoms with E-state index in [1.165, 1.54) is 16.6 Å². The van der Waals surface area contributed by atoms with Crippen LogP contribution in [0.1, 0.15) is 105 Å². The lowest BCUT2D eigenvalue weighted by Crippen LogP contribution is -2.54. The zero-order valence-electron chi connectivity index (χ0n) is 29.5. The molecule has 1 fully saturated rings. The number of rotatable bonds is 12. The van der Waals surface area contributed by atoms with Crippen molar-refractivity contribution in [3.05, 3.63) is 91.8 Å². The number of halogens is 1. The fraction of sp³-hybridized carbons (Fsp3) is 0.368. The zero-order valence-corrected chi connectivity index (χ0v) is 31.9. The Hall–Kier alpha value is -4.66. The summed E-state index contributed by atoms with van der Waals surface area (Å²) in [5, 5.41) is 15.8. The number of imide groups is 2. The third-order valence-corrected chi connectivity index (χ3v) is 12.4. The monoisotopic (exact) mass is 771 g/mol. The van der Waals surface area contributed by atoms with E-state index in [9.17, 15) is 24.0 Å². The van der Waals surface area contributed by atoms with Crippen LogP contribution < -0.4 is 10.6 Å². The van der Waals surface area contributed by atoms with E-state index in [1.807, 2.05) is 41.8 Å². The molecule has 0 aliphatic carbocycles. The van der Waals surface area contributed by atoms with Crippen molar-refractivity contribution in [3.8, 4) is 5.00 Å². The van der Waals surface area contributed by atoms with Gasteiger partial charge >= 0.3 is 0 Å². The maximum atomic E-state index is 13.4. The number of hydrogen-bond donors (Lipinski definition) is 2. The molecule has 53 heavy (non-hydrogen) atoms. The number of carbonyl (C=O) groups is 5. The van der Waals surface area contributed by atoms with E-state index < -0.39 is 35.7 Å². The highest BCUT2D eigenvalue weighted by molar-refractivity contribution is 7.99. The summed E-state index contributed by atoms with van der Waals surface area (Å²) >= 11 is 9.40. The first-order valence-electron chi connectivity index (χ1n) is 17.6. The Morgan fingerprint density at radius 3 is 2.53 bits per heavy atom. The summed E-state index contributed by atoms with van der Waals surface area (Å²) in [6, 6.07) is 11.3. The molecule has 2 atom stereocenters. The topological polar surface area (TPSA) is 156 Å². The molecule has 2 N–H and O–H groups in total. The van der Waals surface area contributed by atoms with Crippen LogP contribution in [0.15, 0.2) is 52.4 Å². The molecule has 0 radical (unpaired) electrons. The van der Waals surface area contributed by atoms with Crippen molar-refractivity contribution in [3.63, 3.8) is 0 Å². The van der Waals surface area contributed by atoms with Crippen LogP contribution in [-0.4, -0.2) is 73.3 Å². The molecule has 1 saturated heterocycles. The zero-order chi connectivity index (χ0) is 37.4. The number of fused-ring (bicyclic) bond motifs is 4. The van der Waals surface area contributed by atoms with Crippen molar-refractivity contribution < 1.29 is 24.0 Å². The summed E-state index contributed by atoms with van der Waals surface area (Å²) in [6.45, 7) is 6.63. The average molecular weight is 772 g/mol. The number of thioether (sulfide) groups is 1.